The van der Waals surface area contributed by atoms with Crippen LogP contribution in [0.3, 0.4) is 0 Å². The van der Waals surface area contributed by atoms with Crippen LogP contribution < -0.4 is 15.2 Å². The van der Waals surface area contributed by atoms with E-state index in [2.05, 4.69) is 32.2 Å². The lowest BCUT2D eigenvalue weighted by Crippen LogP contribution is -2.38. The molecule has 1 atom stereocenters. The van der Waals surface area contributed by atoms with Crippen molar-refractivity contribution < 1.29 is 21.7 Å². The van der Waals surface area contributed by atoms with E-state index in [1.165, 1.54) is 0 Å². The van der Waals surface area contributed by atoms with Crippen LogP contribution in [0.25, 0.3) is 0 Å². The number of nitrogens with zero attached hydrogens (tertiary/aromatic N) is 3. The maximum absolute atomic E-state index is 6.24. The van der Waals surface area contributed by atoms with Gasteiger partial charge in [-0.25, -0.2) is 0 Å². The maximum Gasteiger partial charge on any atom is 0.119 e. The van der Waals surface area contributed by atoms with Crippen molar-refractivity contribution >= 4 is 51.3 Å². The topological polar surface area (TPSA) is 81.8 Å². The van der Waals surface area contributed by atoms with Crippen LogP contribution in [0.4, 0.5) is 11.4 Å². The summed E-state index contributed by atoms with van der Waals surface area (Å²) in [4.78, 5) is 7.88. The van der Waals surface area contributed by atoms with Gasteiger partial charge in [0.25, 0.3) is 0 Å². The third kappa shape index (κ3) is 14.7. The van der Waals surface area contributed by atoms with Gasteiger partial charge in [-0.1, -0.05) is 30.0 Å². The van der Waals surface area contributed by atoms with Crippen LogP contribution in [0.2, 0.25) is 0 Å². The van der Waals surface area contributed by atoms with Gasteiger partial charge in [0, 0.05) is 47.7 Å². The Balaban J connectivity index is 0.000000337. The van der Waals surface area contributed by atoms with Gasteiger partial charge >= 0.3 is 0 Å². The van der Waals surface area contributed by atoms with E-state index in [0.717, 1.165) is 88.6 Å². The lowest BCUT2D eigenvalue weighted by Gasteiger charge is -2.26. The Kier molecular flexibility index (Phi) is 17.0. The van der Waals surface area contributed by atoms with Gasteiger partial charge in [0.2, 0.25) is 0 Å². The summed E-state index contributed by atoms with van der Waals surface area (Å²) < 4.78 is 34.3. The first-order chi connectivity index (χ1) is 18.5. The largest absolute Gasteiger partial charge is 0.492 e. The minimum atomic E-state index is -0.697. The second kappa shape index (κ2) is 21.2. The molecule has 1 unspecified atom stereocenters. The summed E-state index contributed by atoms with van der Waals surface area (Å²) in [5.41, 5.74) is 7.16. The van der Waals surface area contributed by atoms with E-state index in [1.807, 2.05) is 48.5 Å². The number of aliphatic imine (C=N–C) groups is 1. The van der Waals surface area contributed by atoms with Gasteiger partial charge in [0.05, 0.1) is 37.3 Å². The summed E-state index contributed by atoms with van der Waals surface area (Å²) in [6.45, 7) is 10.6. The predicted molar refractivity (Wildman–Crippen MR) is 164 cm³/mol. The number of halogens is 1. The molecule has 10 heteroatoms. The molecule has 2 heterocycles. The highest BCUT2D eigenvalue weighted by atomic mass is 127. The van der Waals surface area contributed by atoms with Crippen LogP contribution in [0.5, 0.6) is 11.5 Å². The molecular weight excluding hydrogens is 603 g/mol. The lowest BCUT2D eigenvalue weighted by molar-refractivity contribution is 0.0321. The molecule has 0 amide bonds. The summed E-state index contributed by atoms with van der Waals surface area (Å²) in [6, 6.07) is 15.0. The Hall–Kier alpha value is -1.79. The Morgan fingerprint density at radius 2 is 1.35 bits per heavy atom. The summed E-state index contributed by atoms with van der Waals surface area (Å²) in [6.07, 6.45) is 0. The van der Waals surface area contributed by atoms with E-state index in [9.17, 15) is 0 Å². The van der Waals surface area contributed by atoms with Crippen LogP contribution in [-0.2, 0) is 9.47 Å². The molecule has 206 valence electrons. The van der Waals surface area contributed by atoms with Crippen LogP contribution >= 0.6 is 34.8 Å². The SMILES string of the molecule is C.Nc1ccc(OCCN2CCOCC2)cc1.S=C=Nc1ccc(OCCN2CCOCC2)cc1.[2H]C([3H])I. The smallest absolute Gasteiger partial charge is 0.119 e. The van der Waals surface area contributed by atoms with E-state index >= 15 is 0 Å². The number of morpholine rings is 2. The highest BCUT2D eigenvalue weighted by Gasteiger charge is 2.10. The fourth-order valence-electron chi connectivity index (χ4n) is 3.47. The Labute approximate surface area is 244 Å². The minimum Gasteiger partial charge on any atom is -0.492 e. The maximum atomic E-state index is 6.24. The monoisotopic (exact) mass is 647 g/mol. The summed E-state index contributed by atoms with van der Waals surface area (Å²) in [5.74, 6) is 1.73. The van der Waals surface area contributed by atoms with Crippen molar-refractivity contribution in [3.63, 3.8) is 0 Å². The molecule has 2 saturated heterocycles. The zero-order chi connectivity index (χ0) is 27.4. The predicted octanol–water partition coefficient (Wildman–Crippen LogP) is 4.80. The van der Waals surface area contributed by atoms with Crippen LogP contribution in [0, 0.1) is 0 Å². The molecule has 2 aliphatic heterocycles. The fourth-order valence-corrected chi connectivity index (χ4v) is 3.57. The molecular formula is C27H41IN4O4S. The van der Waals surface area contributed by atoms with Crippen molar-refractivity contribution in [2.75, 3.05) is 89.5 Å². The van der Waals surface area contributed by atoms with Gasteiger partial charge in [-0.05, 0) is 65.6 Å². The molecule has 8 nitrogen and oxygen atoms in total. The zero-order valence-corrected chi connectivity index (χ0v) is 23.5. The van der Waals surface area contributed by atoms with Gasteiger partial charge in [0.1, 0.15) is 24.7 Å². The van der Waals surface area contributed by atoms with E-state index in [0.29, 0.717) is 13.2 Å². The summed E-state index contributed by atoms with van der Waals surface area (Å²) >= 11 is 6.22. The van der Waals surface area contributed by atoms with Crippen LogP contribution in [-0.4, -0.2) is 98.8 Å². The fraction of sp³-hybridized carbons (Fsp3) is 0.519. The highest BCUT2D eigenvalue weighted by Crippen LogP contribution is 2.17. The second-order valence-electron chi connectivity index (χ2n) is 7.87. The Bertz CT molecular complexity index is 924. The first kappa shape index (κ1) is 29.8. The van der Waals surface area contributed by atoms with Gasteiger partial charge in [-0.3, -0.25) is 9.80 Å². The van der Waals surface area contributed by atoms with Crippen molar-refractivity contribution in [2.45, 2.75) is 7.43 Å². The molecule has 0 bridgehead atoms. The normalized spacial score (nSPS) is 17.0. The van der Waals surface area contributed by atoms with Crippen LogP contribution in [0.1, 0.15) is 10.2 Å². The average Bonchev–Trinajstić information content (AvgIpc) is 2.92. The molecule has 4 rings (SSSR count). The molecule has 0 radical (unpaired) electrons. The van der Waals surface area contributed by atoms with Crippen molar-refractivity contribution in [1.29, 1.82) is 0 Å². The molecule has 2 N–H and O–H groups in total. The van der Waals surface area contributed by atoms with Crippen molar-refractivity contribution in [1.82, 2.24) is 9.80 Å². The Morgan fingerprint density at radius 3 is 1.76 bits per heavy atom. The standard InChI is InChI=1S/C13H16N2O2S.C12H18N2O2.CH3I.CH4/c18-11-14-12-1-3-13(4-2-12)17-10-7-15-5-8-16-9-6-15;13-11-1-3-12(4-2-11)16-10-7-14-5-8-15-9-6-14;1-2;/h1-4H,5-10H2;1-4H,5-10,13H2;1H3;1H4/i;;1TD;. The summed E-state index contributed by atoms with van der Waals surface area (Å²) in [5, 5.41) is 2.34. The third-order valence-corrected chi connectivity index (χ3v) is 5.54. The second-order valence-corrected chi connectivity index (χ2v) is 8.05. The van der Waals surface area contributed by atoms with Gasteiger partial charge in [-0.2, -0.15) is 4.99 Å². The quantitative estimate of drug-likeness (QED) is 0.137. The third-order valence-electron chi connectivity index (χ3n) is 5.45. The van der Waals surface area contributed by atoms with Crippen LogP contribution in [0.15, 0.2) is 53.5 Å². The number of nitrogens with two attached hydrogens (primary N) is 1. The number of ether oxygens (including phenoxy) is 4. The van der Waals surface area contributed by atoms with E-state index in [4.69, 9.17) is 27.4 Å². The average molecular weight is 648 g/mol. The minimum absolute atomic E-state index is 0. The van der Waals surface area contributed by atoms with Gasteiger partial charge < -0.3 is 24.7 Å². The molecule has 0 aliphatic carbocycles. The number of hydrogen-bond acceptors (Lipinski definition) is 9. The Morgan fingerprint density at radius 1 is 0.946 bits per heavy atom. The molecule has 2 fully saturated rings. The number of alkyl halides is 1. The highest BCUT2D eigenvalue weighted by molar-refractivity contribution is 14.1. The number of rotatable bonds is 9. The number of hydrogen-bond donors (Lipinski definition) is 1. The number of anilines is 1. The van der Waals surface area contributed by atoms with Gasteiger partial charge in [-0.15, -0.1) is 0 Å². The molecule has 2 aromatic carbocycles. The first-order valence-electron chi connectivity index (χ1n) is 13.0. The molecule has 0 aromatic heterocycles. The van der Waals surface area contributed by atoms with Crippen molar-refractivity contribution in [2.24, 2.45) is 4.99 Å². The molecule has 2 aliphatic rings. The number of isothiocyanates is 1. The zero-order valence-electron chi connectivity index (χ0n) is 22.5. The van der Waals surface area contributed by atoms with Gasteiger partial charge in [0.15, 0.2) is 0 Å². The molecule has 37 heavy (non-hydrogen) atoms. The van der Waals surface area contributed by atoms with E-state index in [1.54, 1.807) is 22.6 Å². The number of benzene rings is 2. The first-order valence-corrected chi connectivity index (χ1v) is 13.5. The van der Waals surface area contributed by atoms with E-state index in [-0.39, 0.29) is 7.43 Å². The van der Waals surface area contributed by atoms with Crippen molar-refractivity contribution in [3.05, 3.63) is 48.5 Å². The molecule has 0 spiro atoms. The number of thiocarbonyl (C=S) groups is 1. The molecule has 2 aromatic rings. The molecule has 0 saturated carbocycles. The number of nitrogen functional groups attached to an aromatic ring is 1. The van der Waals surface area contributed by atoms with Crippen molar-refractivity contribution in [3.8, 4) is 11.5 Å². The van der Waals surface area contributed by atoms with E-state index < -0.39 is 4.88 Å². The summed E-state index contributed by atoms with van der Waals surface area (Å²) in [7, 11) is 0. The lowest BCUT2D eigenvalue weighted by atomic mass is 10.3.